The minimum atomic E-state index is 0.219. The van der Waals surface area contributed by atoms with Crippen molar-refractivity contribution in [3.8, 4) is 5.75 Å². The molecule has 0 bridgehead atoms. The highest BCUT2D eigenvalue weighted by Crippen LogP contribution is 2.31. The number of methoxy groups -OCH3 is 1. The van der Waals surface area contributed by atoms with Crippen LogP contribution in [0, 0.1) is 0 Å². The molecule has 0 aliphatic carbocycles. The average Bonchev–Trinajstić information content (AvgIpc) is 2.81. The summed E-state index contributed by atoms with van der Waals surface area (Å²) in [5, 5.41) is 0.943. The van der Waals surface area contributed by atoms with Crippen molar-refractivity contribution < 1.29 is 9.53 Å². The van der Waals surface area contributed by atoms with Gasteiger partial charge in [-0.2, -0.15) is 0 Å². The van der Waals surface area contributed by atoms with Gasteiger partial charge >= 0.3 is 0 Å². The smallest absolute Gasteiger partial charge is 0.165 e. The number of carbonyl (C=O) groups is 1. The zero-order chi connectivity index (χ0) is 14.5. The standard InChI is InChI=1S/C17H23NO2/c1-4-5-6-7-10-15(19)13-12-18(2)14-9-8-11-16(20-3)17(13)14/h8-9,11-12H,4-7,10H2,1-3H3. The van der Waals surface area contributed by atoms with E-state index in [-0.39, 0.29) is 5.78 Å². The Kier molecular flexibility index (Phi) is 4.83. The molecule has 0 unspecified atom stereocenters. The van der Waals surface area contributed by atoms with Crippen molar-refractivity contribution in [2.45, 2.75) is 39.0 Å². The third-order valence-corrected chi connectivity index (χ3v) is 3.75. The fourth-order valence-electron chi connectivity index (χ4n) is 2.64. The molecule has 108 valence electrons. The normalized spacial score (nSPS) is 10.9. The molecule has 0 atom stereocenters. The Morgan fingerprint density at radius 1 is 1.25 bits per heavy atom. The number of aromatic nitrogens is 1. The highest BCUT2D eigenvalue weighted by molar-refractivity contribution is 6.10. The second kappa shape index (κ2) is 6.60. The molecule has 3 heteroatoms. The molecule has 0 amide bonds. The third kappa shape index (κ3) is 2.87. The largest absolute Gasteiger partial charge is 0.496 e. The molecule has 3 nitrogen and oxygen atoms in total. The Labute approximate surface area is 120 Å². The van der Waals surface area contributed by atoms with Crippen molar-refractivity contribution in [3.63, 3.8) is 0 Å². The van der Waals surface area contributed by atoms with Gasteiger partial charge in [0.25, 0.3) is 0 Å². The fourth-order valence-corrected chi connectivity index (χ4v) is 2.64. The topological polar surface area (TPSA) is 31.2 Å². The Balaban J connectivity index is 2.27. The lowest BCUT2D eigenvalue weighted by atomic mass is 10.0. The van der Waals surface area contributed by atoms with Crippen LogP contribution in [-0.2, 0) is 7.05 Å². The summed E-state index contributed by atoms with van der Waals surface area (Å²) in [6, 6.07) is 5.89. The van der Waals surface area contributed by atoms with Crippen LogP contribution in [0.4, 0.5) is 0 Å². The number of ketones is 1. The highest BCUT2D eigenvalue weighted by atomic mass is 16.5. The van der Waals surface area contributed by atoms with E-state index in [1.54, 1.807) is 7.11 Å². The Bertz CT molecular complexity index is 598. The Morgan fingerprint density at radius 2 is 2.05 bits per heavy atom. The van der Waals surface area contributed by atoms with Crippen LogP contribution in [0.5, 0.6) is 5.75 Å². The van der Waals surface area contributed by atoms with Gasteiger partial charge in [-0.1, -0.05) is 32.3 Å². The SMILES string of the molecule is CCCCCCC(=O)c1cn(C)c2cccc(OC)c12. The molecule has 0 saturated heterocycles. The number of nitrogens with zero attached hydrogens (tertiary/aromatic N) is 1. The van der Waals surface area contributed by atoms with E-state index >= 15 is 0 Å². The van der Waals surface area contributed by atoms with E-state index < -0.39 is 0 Å². The quantitative estimate of drug-likeness (QED) is 0.555. The van der Waals surface area contributed by atoms with Gasteiger partial charge in [0, 0.05) is 25.2 Å². The van der Waals surface area contributed by atoms with Crippen LogP contribution >= 0.6 is 0 Å². The molecule has 20 heavy (non-hydrogen) atoms. The van der Waals surface area contributed by atoms with Gasteiger partial charge in [-0.3, -0.25) is 4.79 Å². The zero-order valence-electron chi connectivity index (χ0n) is 12.6. The number of hydrogen-bond donors (Lipinski definition) is 0. The van der Waals surface area contributed by atoms with Crippen LogP contribution in [0.3, 0.4) is 0 Å². The lowest BCUT2D eigenvalue weighted by Gasteiger charge is -2.04. The van der Waals surface area contributed by atoms with Crippen LogP contribution in [-0.4, -0.2) is 17.5 Å². The maximum Gasteiger partial charge on any atom is 0.165 e. The minimum Gasteiger partial charge on any atom is -0.496 e. The molecule has 0 aliphatic rings. The van der Waals surface area contributed by atoms with E-state index in [1.165, 1.54) is 12.8 Å². The van der Waals surface area contributed by atoms with Gasteiger partial charge in [-0.05, 0) is 18.6 Å². The number of carbonyl (C=O) groups excluding carboxylic acids is 1. The molecular weight excluding hydrogens is 250 g/mol. The molecule has 1 heterocycles. The number of rotatable bonds is 7. The van der Waals surface area contributed by atoms with Crippen LogP contribution < -0.4 is 4.74 Å². The fraction of sp³-hybridized carbons (Fsp3) is 0.471. The van der Waals surface area contributed by atoms with Crippen LogP contribution in [0.15, 0.2) is 24.4 Å². The molecule has 1 aromatic carbocycles. The van der Waals surface area contributed by atoms with Gasteiger partial charge in [0.2, 0.25) is 0 Å². The molecule has 1 aromatic heterocycles. The predicted molar refractivity (Wildman–Crippen MR) is 82.6 cm³/mol. The summed E-state index contributed by atoms with van der Waals surface area (Å²) in [4.78, 5) is 12.4. The molecule has 2 rings (SSSR count). The lowest BCUT2D eigenvalue weighted by Crippen LogP contribution is -1.99. The second-order valence-electron chi connectivity index (χ2n) is 5.24. The first-order valence-electron chi connectivity index (χ1n) is 7.34. The minimum absolute atomic E-state index is 0.219. The van der Waals surface area contributed by atoms with E-state index in [1.807, 2.05) is 36.0 Å². The van der Waals surface area contributed by atoms with E-state index in [0.29, 0.717) is 6.42 Å². The van der Waals surface area contributed by atoms with E-state index in [4.69, 9.17) is 4.74 Å². The second-order valence-corrected chi connectivity index (χ2v) is 5.24. The molecular formula is C17H23NO2. The molecule has 0 N–H and O–H groups in total. The van der Waals surface area contributed by atoms with Crippen molar-refractivity contribution in [1.82, 2.24) is 4.57 Å². The number of hydrogen-bond acceptors (Lipinski definition) is 2. The van der Waals surface area contributed by atoms with Crippen molar-refractivity contribution in [2.24, 2.45) is 7.05 Å². The van der Waals surface area contributed by atoms with Crippen LogP contribution in [0.25, 0.3) is 10.9 Å². The van der Waals surface area contributed by atoms with Gasteiger partial charge in [0.1, 0.15) is 5.75 Å². The predicted octanol–water partition coefficient (Wildman–Crippen LogP) is 4.34. The maximum atomic E-state index is 12.4. The van der Waals surface area contributed by atoms with E-state index in [9.17, 15) is 4.79 Å². The summed E-state index contributed by atoms with van der Waals surface area (Å²) in [7, 11) is 3.62. The van der Waals surface area contributed by atoms with Crippen LogP contribution in [0.1, 0.15) is 49.4 Å². The third-order valence-electron chi connectivity index (χ3n) is 3.75. The number of unbranched alkanes of at least 4 members (excludes halogenated alkanes) is 3. The van der Waals surface area contributed by atoms with Crippen molar-refractivity contribution in [1.29, 1.82) is 0 Å². The summed E-state index contributed by atoms with van der Waals surface area (Å²) >= 11 is 0. The molecule has 0 radical (unpaired) electrons. The summed E-state index contributed by atoms with van der Waals surface area (Å²) in [6.07, 6.45) is 7.04. The zero-order valence-corrected chi connectivity index (χ0v) is 12.6. The lowest BCUT2D eigenvalue weighted by molar-refractivity contribution is 0.0980. The average molecular weight is 273 g/mol. The number of aryl methyl sites for hydroxylation is 1. The number of Topliss-reactive ketones (excluding diaryl/α,β-unsaturated/α-hetero) is 1. The maximum absolute atomic E-state index is 12.4. The van der Waals surface area contributed by atoms with Crippen molar-refractivity contribution in [2.75, 3.05) is 7.11 Å². The van der Waals surface area contributed by atoms with Gasteiger partial charge in [-0.15, -0.1) is 0 Å². The van der Waals surface area contributed by atoms with Gasteiger partial charge in [0.15, 0.2) is 5.78 Å². The summed E-state index contributed by atoms with van der Waals surface area (Å²) in [5.74, 6) is 0.996. The first-order valence-corrected chi connectivity index (χ1v) is 7.34. The monoisotopic (exact) mass is 273 g/mol. The van der Waals surface area contributed by atoms with Gasteiger partial charge in [-0.25, -0.2) is 0 Å². The molecule has 2 aromatic rings. The van der Waals surface area contributed by atoms with Gasteiger partial charge in [0.05, 0.1) is 18.0 Å². The molecule has 0 saturated carbocycles. The van der Waals surface area contributed by atoms with E-state index in [0.717, 1.165) is 35.1 Å². The highest BCUT2D eigenvalue weighted by Gasteiger charge is 2.16. The van der Waals surface area contributed by atoms with Crippen molar-refractivity contribution in [3.05, 3.63) is 30.0 Å². The Hall–Kier alpha value is -1.77. The summed E-state index contributed by atoms with van der Waals surface area (Å²) in [6.45, 7) is 2.18. The number of benzene rings is 1. The molecule has 0 spiro atoms. The molecule has 0 aliphatic heterocycles. The van der Waals surface area contributed by atoms with Crippen LogP contribution in [0.2, 0.25) is 0 Å². The van der Waals surface area contributed by atoms with Crippen molar-refractivity contribution >= 4 is 16.7 Å². The summed E-state index contributed by atoms with van der Waals surface area (Å²) in [5.41, 5.74) is 1.83. The number of ether oxygens (including phenoxy) is 1. The Morgan fingerprint density at radius 3 is 2.75 bits per heavy atom. The summed E-state index contributed by atoms with van der Waals surface area (Å²) < 4.78 is 7.41. The first-order chi connectivity index (χ1) is 9.69. The van der Waals surface area contributed by atoms with Gasteiger partial charge < -0.3 is 9.30 Å². The van der Waals surface area contributed by atoms with E-state index in [2.05, 4.69) is 6.92 Å². The number of fused-ring (bicyclic) bond motifs is 1. The molecule has 0 fully saturated rings. The first kappa shape index (κ1) is 14.6.